The predicted octanol–water partition coefficient (Wildman–Crippen LogP) is 3.59. The SMILES string of the molecule is CC(=NN=C1NC(=O)C(CC(=O)Nc2ccc(Cl)cc2)S1)c1ccc([N+](=O)[O-])cc1. The van der Waals surface area contributed by atoms with E-state index in [1.807, 2.05) is 0 Å². The summed E-state index contributed by atoms with van der Waals surface area (Å²) in [4.78, 5) is 34.5. The average Bonchev–Trinajstić information content (AvgIpc) is 3.07. The second-order valence-electron chi connectivity index (χ2n) is 6.25. The van der Waals surface area contributed by atoms with E-state index in [-0.39, 0.29) is 29.1 Å². The number of hydrogen-bond donors (Lipinski definition) is 2. The minimum atomic E-state index is -0.620. The Morgan fingerprint density at radius 1 is 1.23 bits per heavy atom. The summed E-state index contributed by atoms with van der Waals surface area (Å²) in [6.07, 6.45) is -0.0246. The number of nitro benzene ring substituents is 1. The van der Waals surface area contributed by atoms with Crippen molar-refractivity contribution in [2.75, 3.05) is 5.32 Å². The number of benzene rings is 2. The Bertz CT molecular complexity index is 1040. The fraction of sp³-hybridized carbons (Fsp3) is 0.158. The molecular weight excluding hydrogens is 430 g/mol. The number of nitrogens with zero attached hydrogens (tertiary/aromatic N) is 3. The molecule has 2 aromatic carbocycles. The Kier molecular flexibility index (Phi) is 6.80. The molecule has 11 heteroatoms. The third-order valence-electron chi connectivity index (χ3n) is 4.06. The number of rotatable bonds is 6. The standard InChI is InChI=1S/C19H16ClN5O4S/c1-11(12-2-8-15(9-3-12)25(28)29)23-24-19-22-18(27)16(30-19)10-17(26)21-14-6-4-13(20)5-7-14/h2-9,16H,10H2,1H3,(H,21,26)(H,22,24,27). The van der Waals surface area contributed by atoms with Crippen molar-refractivity contribution < 1.29 is 14.5 Å². The van der Waals surface area contributed by atoms with Crippen molar-refractivity contribution in [2.24, 2.45) is 10.2 Å². The van der Waals surface area contributed by atoms with Gasteiger partial charge in [0.2, 0.25) is 11.8 Å². The molecule has 1 aliphatic rings. The van der Waals surface area contributed by atoms with Crippen molar-refractivity contribution in [3.05, 3.63) is 69.2 Å². The molecule has 2 aromatic rings. The van der Waals surface area contributed by atoms with Crippen LogP contribution in [0, 0.1) is 10.1 Å². The summed E-state index contributed by atoms with van der Waals surface area (Å²) < 4.78 is 0. The number of thioether (sulfide) groups is 1. The van der Waals surface area contributed by atoms with Crippen LogP contribution >= 0.6 is 23.4 Å². The lowest BCUT2D eigenvalue weighted by Crippen LogP contribution is -2.28. The molecule has 0 bridgehead atoms. The lowest BCUT2D eigenvalue weighted by atomic mass is 10.1. The Morgan fingerprint density at radius 2 is 1.90 bits per heavy atom. The van der Waals surface area contributed by atoms with Crippen LogP contribution < -0.4 is 10.6 Å². The number of carbonyl (C=O) groups is 2. The molecule has 1 heterocycles. The first-order valence-corrected chi connectivity index (χ1v) is 9.97. The molecule has 154 valence electrons. The molecule has 3 rings (SSSR count). The zero-order valence-corrected chi connectivity index (χ0v) is 17.2. The van der Waals surface area contributed by atoms with Crippen LogP contribution in [0.2, 0.25) is 5.02 Å². The van der Waals surface area contributed by atoms with Gasteiger partial charge in [0.15, 0.2) is 5.17 Å². The van der Waals surface area contributed by atoms with E-state index in [0.717, 1.165) is 11.8 Å². The summed E-state index contributed by atoms with van der Waals surface area (Å²) in [6, 6.07) is 12.6. The van der Waals surface area contributed by atoms with Crippen molar-refractivity contribution in [1.82, 2.24) is 5.32 Å². The minimum Gasteiger partial charge on any atom is -0.326 e. The summed E-state index contributed by atoms with van der Waals surface area (Å²) in [5.41, 5.74) is 1.76. The Hall–Kier alpha value is -3.24. The molecule has 2 amide bonds. The van der Waals surface area contributed by atoms with E-state index >= 15 is 0 Å². The van der Waals surface area contributed by atoms with Gasteiger partial charge in [-0.2, -0.15) is 5.10 Å². The number of non-ortho nitro benzene ring substituents is 1. The number of nitro groups is 1. The Labute approximate surface area is 180 Å². The van der Waals surface area contributed by atoms with Crippen molar-refractivity contribution in [3.8, 4) is 0 Å². The van der Waals surface area contributed by atoms with Crippen molar-refractivity contribution >= 4 is 57.4 Å². The third-order valence-corrected chi connectivity index (χ3v) is 5.39. The molecule has 0 radical (unpaired) electrons. The van der Waals surface area contributed by atoms with Gasteiger partial charge in [0.05, 0.1) is 10.6 Å². The van der Waals surface area contributed by atoms with Crippen LogP contribution in [-0.2, 0) is 9.59 Å². The van der Waals surface area contributed by atoms with Gasteiger partial charge >= 0.3 is 0 Å². The Morgan fingerprint density at radius 3 is 2.53 bits per heavy atom. The zero-order valence-electron chi connectivity index (χ0n) is 15.7. The second kappa shape index (κ2) is 9.51. The van der Waals surface area contributed by atoms with E-state index in [1.165, 1.54) is 12.1 Å². The smallest absolute Gasteiger partial charge is 0.269 e. The molecule has 1 fully saturated rings. The van der Waals surface area contributed by atoms with E-state index in [4.69, 9.17) is 11.6 Å². The molecule has 0 aromatic heterocycles. The maximum Gasteiger partial charge on any atom is 0.269 e. The van der Waals surface area contributed by atoms with Gasteiger partial charge in [-0.25, -0.2) is 0 Å². The fourth-order valence-electron chi connectivity index (χ4n) is 2.50. The highest BCUT2D eigenvalue weighted by Crippen LogP contribution is 2.23. The van der Waals surface area contributed by atoms with Crippen LogP contribution in [0.1, 0.15) is 18.9 Å². The normalized spacial score (nSPS) is 17.7. The molecule has 1 saturated heterocycles. The molecule has 1 aliphatic heterocycles. The van der Waals surface area contributed by atoms with Gasteiger partial charge in [0.25, 0.3) is 5.69 Å². The monoisotopic (exact) mass is 445 g/mol. The molecular formula is C19H16ClN5O4S. The molecule has 30 heavy (non-hydrogen) atoms. The minimum absolute atomic E-state index is 0.0174. The molecule has 0 spiro atoms. The van der Waals surface area contributed by atoms with Gasteiger partial charge in [-0.1, -0.05) is 23.4 Å². The highest BCUT2D eigenvalue weighted by molar-refractivity contribution is 8.15. The molecule has 0 aliphatic carbocycles. The second-order valence-corrected chi connectivity index (χ2v) is 7.88. The number of nitrogens with one attached hydrogen (secondary N) is 2. The van der Waals surface area contributed by atoms with Gasteiger partial charge in [-0.15, -0.1) is 5.10 Å². The first kappa shape index (κ1) is 21.5. The van der Waals surface area contributed by atoms with Gasteiger partial charge < -0.3 is 10.6 Å². The summed E-state index contributed by atoms with van der Waals surface area (Å²) in [6.45, 7) is 1.70. The number of halogens is 1. The molecule has 1 atom stereocenters. The van der Waals surface area contributed by atoms with E-state index in [1.54, 1.807) is 43.3 Å². The fourth-order valence-corrected chi connectivity index (χ4v) is 3.55. The average molecular weight is 446 g/mol. The summed E-state index contributed by atoms with van der Waals surface area (Å²) >= 11 is 6.93. The number of amides is 2. The van der Waals surface area contributed by atoms with Crippen LogP contribution in [0.3, 0.4) is 0 Å². The van der Waals surface area contributed by atoms with Crippen molar-refractivity contribution in [3.63, 3.8) is 0 Å². The lowest BCUT2D eigenvalue weighted by Gasteiger charge is -2.07. The highest BCUT2D eigenvalue weighted by atomic mass is 35.5. The largest absolute Gasteiger partial charge is 0.326 e. The van der Waals surface area contributed by atoms with E-state index in [0.29, 0.717) is 22.0 Å². The van der Waals surface area contributed by atoms with Crippen LogP contribution in [0.4, 0.5) is 11.4 Å². The quantitative estimate of drug-likeness (QED) is 0.399. The summed E-state index contributed by atoms with van der Waals surface area (Å²) in [5, 5.41) is 24.3. The first-order valence-electron chi connectivity index (χ1n) is 8.72. The maximum atomic E-state index is 12.2. The predicted molar refractivity (Wildman–Crippen MR) is 117 cm³/mol. The van der Waals surface area contributed by atoms with Gasteiger partial charge in [0, 0.05) is 29.3 Å². The summed E-state index contributed by atoms with van der Waals surface area (Å²) in [7, 11) is 0. The van der Waals surface area contributed by atoms with Crippen LogP contribution in [0.25, 0.3) is 0 Å². The first-order chi connectivity index (χ1) is 14.3. The van der Waals surface area contributed by atoms with E-state index in [9.17, 15) is 19.7 Å². The van der Waals surface area contributed by atoms with Gasteiger partial charge in [-0.3, -0.25) is 19.7 Å². The Balaban J connectivity index is 1.59. The molecule has 0 saturated carbocycles. The van der Waals surface area contributed by atoms with Crippen LogP contribution in [0.15, 0.2) is 58.7 Å². The number of hydrogen-bond acceptors (Lipinski definition) is 7. The lowest BCUT2D eigenvalue weighted by molar-refractivity contribution is -0.384. The van der Waals surface area contributed by atoms with Crippen LogP contribution in [-0.4, -0.2) is 32.9 Å². The van der Waals surface area contributed by atoms with E-state index in [2.05, 4.69) is 20.8 Å². The molecule has 2 N–H and O–H groups in total. The highest BCUT2D eigenvalue weighted by Gasteiger charge is 2.32. The third kappa shape index (κ3) is 5.65. The van der Waals surface area contributed by atoms with Crippen molar-refractivity contribution in [2.45, 2.75) is 18.6 Å². The number of carbonyl (C=O) groups excluding carboxylic acids is 2. The maximum absolute atomic E-state index is 12.2. The van der Waals surface area contributed by atoms with Gasteiger partial charge in [-0.05, 0) is 48.9 Å². The molecule has 1 unspecified atom stereocenters. The zero-order chi connectivity index (χ0) is 21.7. The van der Waals surface area contributed by atoms with Crippen molar-refractivity contribution in [1.29, 1.82) is 0 Å². The summed E-state index contributed by atoms with van der Waals surface area (Å²) in [5.74, 6) is -0.634. The van der Waals surface area contributed by atoms with Crippen LogP contribution in [0.5, 0.6) is 0 Å². The molecule has 9 nitrogen and oxygen atoms in total. The number of anilines is 1. The van der Waals surface area contributed by atoms with E-state index < -0.39 is 10.2 Å². The number of amidine groups is 1. The topological polar surface area (TPSA) is 126 Å². The van der Waals surface area contributed by atoms with Gasteiger partial charge in [0.1, 0.15) is 5.25 Å².